The summed E-state index contributed by atoms with van der Waals surface area (Å²) in [5, 5.41) is 20.0. The molecule has 0 radical (unpaired) electrons. The molecule has 0 aromatic heterocycles. The topological polar surface area (TPSA) is 111 Å². The van der Waals surface area contributed by atoms with Gasteiger partial charge in [-0.2, -0.15) is 0 Å². The van der Waals surface area contributed by atoms with Crippen LogP contribution in [0.15, 0.2) is 18.2 Å². The van der Waals surface area contributed by atoms with E-state index in [-0.39, 0.29) is 5.56 Å². The Hall–Kier alpha value is -2.19. The van der Waals surface area contributed by atoms with Crippen LogP contribution in [0.5, 0.6) is 5.75 Å². The zero-order valence-corrected chi connectivity index (χ0v) is 10.6. The van der Waals surface area contributed by atoms with Crippen LogP contribution in [-0.2, 0) is 9.57 Å². The number of nitrogens with zero attached hydrogens (tertiary/aromatic N) is 1. The van der Waals surface area contributed by atoms with Gasteiger partial charge in [-0.1, -0.05) is 0 Å². The van der Waals surface area contributed by atoms with Crippen LogP contribution in [0.2, 0.25) is 0 Å². The van der Waals surface area contributed by atoms with E-state index < -0.39 is 28.6 Å². The largest absolute Gasteiger partial charge is 0.502 e. The van der Waals surface area contributed by atoms with E-state index in [1.54, 1.807) is 0 Å². The molecule has 2 rings (SSSR count). The molecule has 8 heteroatoms. The molecule has 1 aromatic carbocycles. The van der Waals surface area contributed by atoms with Gasteiger partial charge in [-0.05, 0) is 25.0 Å². The maximum absolute atomic E-state index is 11.7. The second-order valence-corrected chi connectivity index (χ2v) is 4.31. The molecular formula is C12H14N2O6. The minimum absolute atomic E-state index is 0.0592. The Balaban J connectivity index is 1.95. The molecular weight excluding hydrogens is 268 g/mol. The fourth-order valence-electron chi connectivity index (χ4n) is 1.80. The highest BCUT2D eigenvalue weighted by molar-refractivity contribution is 5.94. The summed E-state index contributed by atoms with van der Waals surface area (Å²) >= 11 is 0. The lowest BCUT2D eigenvalue weighted by atomic mass is 10.2. The number of phenolic OH excluding ortho intramolecular Hbond substituents is 1. The molecule has 0 bridgehead atoms. The summed E-state index contributed by atoms with van der Waals surface area (Å²) in [6, 6.07) is 3.30. The number of ether oxygens (including phenoxy) is 1. The summed E-state index contributed by atoms with van der Waals surface area (Å²) < 4.78 is 5.26. The fourth-order valence-corrected chi connectivity index (χ4v) is 1.80. The lowest BCUT2D eigenvalue weighted by Gasteiger charge is -2.22. The predicted molar refractivity (Wildman–Crippen MR) is 66.9 cm³/mol. The van der Waals surface area contributed by atoms with E-state index >= 15 is 0 Å². The minimum atomic E-state index is -0.733. The first-order chi connectivity index (χ1) is 9.58. The number of hydroxylamine groups is 1. The minimum Gasteiger partial charge on any atom is -0.502 e. The standard InChI is InChI=1S/C12H14N2O6/c15-10-7-8(4-5-9(10)14(17)18)12(16)13-20-11-3-1-2-6-19-11/h4-5,7,11,15H,1-3,6H2,(H,13,16). The van der Waals surface area contributed by atoms with Gasteiger partial charge < -0.3 is 9.84 Å². The normalized spacial score (nSPS) is 18.5. The Labute approximate surface area is 114 Å². The molecule has 1 heterocycles. The molecule has 1 atom stereocenters. The first-order valence-corrected chi connectivity index (χ1v) is 6.13. The van der Waals surface area contributed by atoms with Gasteiger partial charge in [-0.15, -0.1) is 0 Å². The second-order valence-electron chi connectivity index (χ2n) is 4.31. The van der Waals surface area contributed by atoms with E-state index in [1.165, 1.54) is 6.07 Å². The lowest BCUT2D eigenvalue weighted by molar-refractivity contribution is -0.385. The number of carbonyl (C=O) groups is 1. The van der Waals surface area contributed by atoms with E-state index in [9.17, 15) is 20.0 Å². The highest BCUT2D eigenvalue weighted by Gasteiger charge is 2.18. The molecule has 1 fully saturated rings. The highest BCUT2D eigenvalue weighted by Crippen LogP contribution is 2.26. The summed E-state index contributed by atoms with van der Waals surface area (Å²) in [5.74, 6) is -1.18. The van der Waals surface area contributed by atoms with Crippen molar-refractivity contribution in [2.24, 2.45) is 0 Å². The number of nitro groups is 1. The third-order valence-corrected chi connectivity index (χ3v) is 2.86. The summed E-state index contributed by atoms with van der Waals surface area (Å²) in [7, 11) is 0. The second kappa shape index (κ2) is 6.31. The number of hydrogen-bond donors (Lipinski definition) is 2. The molecule has 0 saturated carbocycles. The number of hydrogen-bond acceptors (Lipinski definition) is 6. The van der Waals surface area contributed by atoms with Gasteiger partial charge in [0.2, 0.25) is 0 Å². The number of aromatic hydroxyl groups is 1. The van der Waals surface area contributed by atoms with E-state index in [1.807, 2.05) is 0 Å². The zero-order valence-electron chi connectivity index (χ0n) is 10.6. The summed E-state index contributed by atoms with van der Waals surface area (Å²) in [6.07, 6.45) is 2.12. The van der Waals surface area contributed by atoms with Gasteiger partial charge in [0.05, 0.1) is 4.92 Å². The van der Waals surface area contributed by atoms with Gasteiger partial charge in [0, 0.05) is 24.7 Å². The van der Waals surface area contributed by atoms with Crippen molar-refractivity contribution in [3.05, 3.63) is 33.9 Å². The van der Waals surface area contributed by atoms with Crippen LogP contribution in [0.4, 0.5) is 5.69 Å². The van der Waals surface area contributed by atoms with Crippen LogP contribution in [-0.4, -0.2) is 28.8 Å². The highest BCUT2D eigenvalue weighted by atomic mass is 16.8. The van der Waals surface area contributed by atoms with Gasteiger partial charge >= 0.3 is 5.69 Å². The van der Waals surface area contributed by atoms with Crippen molar-refractivity contribution in [3.63, 3.8) is 0 Å². The maximum atomic E-state index is 11.7. The zero-order chi connectivity index (χ0) is 14.5. The molecule has 20 heavy (non-hydrogen) atoms. The van der Waals surface area contributed by atoms with Gasteiger partial charge in [0.1, 0.15) is 0 Å². The lowest BCUT2D eigenvalue weighted by Crippen LogP contribution is -2.33. The van der Waals surface area contributed by atoms with Crippen molar-refractivity contribution in [2.75, 3.05) is 6.61 Å². The average Bonchev–Trinajstić information content (AvgIpc) is 2.45. The van der Waals surface area contributed by atoms with Crippen molar-refractivity contribution >= 4 is 11.6 Å². The quantitative estimate of drug-likeness (QED) is 0.639. The van der Waals surface area contributed by atoms with Crippen molar-refractivity contribution in [1.29, 1.82) is 0 Å². The number of nitro benzene ring substituents is 1. The summed E-state index contributed by atoms with van der Waals surface area (Å²) in [6.45, 7) is 0.582. The molecule has 8 nitrogen and oxygen atoms in total. The van der Waals surface area contributed by atoms with Gasteiger partial charge in [0.25, 0.3) is 5.91 Å². The molecule has 1 unspecified atom stereocenters. The predicted octanol–water partition coefficient (Wildman–Crippen LogP) is 1.49. The van der Waals surface area contributed by atoms with E-state index in [0.717, 1.165) is 25.0 Å². The van der Waals surface area contributed by atoms with Crippen LogP contribution in [0.1, 0.15) is 29.6 Å². The average molecular weight is 282 g/mol. The van der Waals surface area contributed by atoms with Crippen LogP contribution in [0.25, 0.3) is 0 Å². The maximum Gasteiger partial charge on any atom is 0.310 e. The smallest absolute Gasteiger partial charge is 0.310 e. The monoisotopic (exact) mass is 282 g/mol. The summed E-state index contributed by atoms with van der Waals surface area (Å²) in [4.78, 5) is 26.6. The van der Waals surface area contributed by atoms with Crippen LogP contribution >= 0.6 is 0 Å². The first-order valence-electron chi connectivity index (χ1n) is 6.13. The summed E-state index contributed by atoms with van der Waals surface area (Å²) in [5.41, 5.74) is 1.80. The van der Waals surface area contributed by atoms with Crippen molar-refractivity contribution in [3.8, 4) is 5.75 Å². The first kappa shape index (κ1) is 14.2. The molecule has 1 aliphatic rings. The number of benzene rings is 1. The van der Waals surface area contributed by atoms with Gasteiger partial charge in [-0.3, -0.25) is 14.9 Å². The van der Waals surface area contributed by atoms with E-state index in [2.05, 4.69) is 5.48 Å². The van der Waals surface area contributed by atoms with Crippen molar-refractivity contribution in [1.82, 2.24) is 5.48 Å². The molecule has 1 saturated heterocycles. The Morgan fingerprint density at radius 1 is 1.50 bits per heavy atom. The number of amides is 1. The number of rotatable bonds is 4. The Morgan fingerprint density at radius 2 is 2.30 bits per heavy atom. The Morgan fingerprint density at radius 3 is 2.90 bits per heavy atom. The molecule has 1 aliphatic heterocycles. The Kier molecular flexibility index (Phi) is 4.49. The van der Waals surface area contributed by atoms with E-state index in [0.29, 0.717) is 13.0 Å². The Bertz CT molecular complexity index is 513. The molecule has 0 aliphatic carbocycles. The van der Waals surface area contributed by atoms with Gasteiger partial charge in [-0.25, -0.2) is 10.3 Å². The van der Waals surface area contributed by atoms with Crippen molar-refractivity contribution < 1.29 is 24.4 Å². The van der Waals surface area contributed by atoms with Crippen LogP contribution in [0, 0.1) is 10.1 Å². The molecule has 1 aromatic rings. The molecule has 108 valence electrons. The van der Waals surface area contributed by atoms with Crippen molar-refractivity contribution in [2.45, 2.75) is 25.6 Å². The third kappa shape index (κ3) is 3.43. The number of phenols is 1. The van der Waals surface area contributed by atoms with Crippen LogP contribution < -0.4 is 5.48 Å². The number of carbonyl (C=O) groups excluding carboxylic acids is 1. The van der Waals surface area contributed by atoms with E-state index in [4.69, 9.17) is 9.57 Å². The third-order valence-electron chi connectivity index (χ3n) is 2.86. The fraction of sp³-hybridized carbons (Fsp3) is 0.417. The number of nitrogens with one attached hydrogen (secondary N) is 1. The molecule has 1 amide bonds. The molecule has 0 spiro atoms. The SMILES string of the molecule is O=C(NOC1CCCCO1)c1ccc([N+](=O)[O-])c(O)c1. The van der Waals surface area contributed by atoms with Crippen LogP contribution in [0.3, 0.4) is 0 Å². The molecule has 2 N–H and O–H groups in total. The van der Waals surface area contributed by atoms with Gasteiger partial charge in [0.15, 0.2) is 12.0 Å².